The van der Waals surface area contributed by atoms with E-state index in [2.05, 4.69) is 161 Å². The molecule has 0 N–H and O–H groups in total. The maximum atomic E-state index is 6.67. The zero-order chi connectivity index (χ0) is 35.3. The van der Waals surface area contributed by atoms with Gasteiger partial charge in [0.25, 0.3) is 0 Å². The largest absolute Gasteiger partial charge is 0.457 e. The smallest absolute Gasteiger partial charge is 0.145 e. The summed E-state index contributed by atoms with van der Waals surface area (Å²) < 4.78 is 11.3. The Balaban J connectivity index is 1.05. The number of hydrogen-bond acceptors (Lipinski definition) is 4. The Labute approximate surface area is 305 Å². The fourth-order valence-electron chi connectivity index (χ4n) is 8.66. The molecule has 0 fully saturated rings. The molecule has 6 heteroatoms. The minimum Gasteiger partial charge on any atom is -0.457 e. The second-order valence-electron chi connectivity index (χ2n) is 14.3. The number of ether oxygens (including phenoxy) is 1. The van der Waals surface area contributed by atoms with Gasteiger partial charge in [-0.1, -0.05) is 86.6 Å². The van der Waals surface area contributed by atoms with Crippen LogP contribution in [0.5, 0.6) is 11.5 Å². The summed E-state index contributed by atoms with van der Waals surface area (Å²) in [6.45, 7) is 4.54. The number of pyridine rings is 2. The summed E-state index contributed by atoms with van der Waals surface area (Å²) in [6.07, 6.45) is 5.84. The molecule has 0 spiro atoms. The van der Waals surface area contributed by atoms with Crippen LogP contribution in [-0.2, 0) is 5.41 Å². The van der Waals surface area contributed by atoms with Gasteiger partial charge in [-0.3, -0.25) is 9.30 Å². The predicted octanol–water partition coefficient (Wildman–Crippen LogP) is 12.0. The van der Waals surface area contributed by atoms with Crippen LogP contribution >= 0.6 is 0 Å². The molecular formula is C47H33N5O. The van der Waals surface area contributed by atoms with Gasteiger partial charge < -0.3 is 9.30 Å². The number of imidazole rings is 1. The molecular weight excluding hydrogens is 651 g/mol. The number of benzene rings is 6. The van der Waals surface area contributed by atoms with Crippen LogP contribution in [0, 0.1) is 0 Å². The Morgan fingerprint density at radius 3 is 2.25 bits per heavy atom. The van der Waals surface area contributed by atoms with Crippen LogP contribution in [0.2, 0.25) is 0 Å². The lowest BCUT2D eigenvalue weighted by Gasteiger charge is -2.40. The number of para-hydroxylation sites is 3. The molecule has 0 saturated heterocycles. The minimum atomic E-state index is -0.178. The molecule has 252 valence electrons. The average Bonchev–Trinajstić information content (AvgIpc) is 3.83. The molecule has 0 amide bonds. The summed E-state index contributed by atoms with van der Waals surface area (Å²) in [4.78, 5) is 12.1. The predicted molar refractivity (Wildman–Crippen MR) is 216 cm³/mol. The summed E-state index contributed by atoms with van der Waals surface area (Å²) in [5.41, 5.74) is 9.92. The van der Waals surface area contributed by atoms with Crippen molar-refractivity contribution >= 4 is 66.3 Å². The van der Waals surface area contributed by atoms with Crippen molar-refractivity contribution in [3.05, 3.63) is 175 Å². The fourth-order valence-corrected chi connectivity index (χ4v) is 8.66. The van der Waals surface area contributed by atoms with Gasteiger partial charge in [0, 0.05) is 62.9 Å². The minimum absolute atomic E-state index is 0.178. The third kappa shape index (κ3) is 4.26. The number of rotatable bonds is 4. The van der Waals surface area contributed by atoms with Gasteiger partial charge in [-0.05, 0) is 77.7 Å². The molecule has 53 heavy (non-hydrogen) atoms. The summed E-state index contributed by atoms with van der Waals surface area (Å²) >= 11 is 0. The molecule has 0 aliphatic carbocycles. The van der Waals surface area contributed by atoms with E-state index in [-0.39, 0.29) is 5.41 Å². The normalized spacial score (nSPS) is 13.6. The Kier molecular flexibility index (Phi) is 6.20. The Bertz CT molecular complexity index is 3030. The summed E-state index contributed by atoms with van der Waals surface area (Å²) in [7, 11) is 0. The fraction of sp³-hybridized carbons (Fsp3) is 0.0638. The van der Waals surface area contributed by atoms with Gasteiger partial charge in [0.15, 0.2) is 0 Å². The number of anilines is 3. The van der Waals surface area contributed by atoms with Crippen LogP contribution < -0.4 is 9.64 Å². The number of fused-ring (bicyclic) bond motifs is 12. The van der Waals surface area contributed by atoms with E-state index < -0.39 is 0 Å². The quantitative estimate of drug-likeness (QED) is 0.173. The maximum absolute atomic E-state index is 6.67. The van der Waals surface area contributed by atoms with Crippen LogP contribution in [0.4, 0.5) is 17.2 Å². The van der Waals surface area contributed by atoms with E-state index in [4.69, 9.17) is 14.7 Å². The molecule has 1 aliphatic heterocycles. The third-order valence-electron chi connectivity index (χ3n) is 11.0. The Hall–Kier alpha value is -6.92. The highest BCUT2D eigenvalue weighted by atomic mass is 16.5. The molecule has 5 heterocycles. The topological polar surface area (TPSA) is 47.6 Å². The summed E-state index contributed by atoms with van der Waals surface area (Å²) in [5.74, 6) is 2.44. The molecule has 0 bridgehead atoms. The highest BCUT2D eigenvalue weighted by molar-refractivity contribution is 6.25. The van der Waals surface area contributed by atoms with E-state index in [1.165, 1.54) is 32.8 Å². The molecule has 11 rings (SSSR count). The number of aromatic nitrogens is 4. The molecule has 0 saturated carbocycles. The molecule has 6 nitrogen and oxygen atoms in total. The van der Waals surface area contributed by atoms with Gasteiger partial charge >= 0.3 is 0 Å². The van der Waals surface area contributed by atoms with E-state index in [1.54, 1.807) is 0 Å². The molecule has 6 aromatic carbocycles. The van der Waals surface area contributed by atoms with E-state index >= 15 is 0 Å². The van der Waals surface area contributed by atoms with Crippen molar-refractivity contribution in [2.75, 3.05) is 4.90 Å². The van der Waals surface area contributed by atoms with Gasteiger partial charge in [-0.2, -0.15) is 0 Å². The van der Waals surface area contributed by atoms with E-state index in [9.17, 15) is 0 Å². The first kappa shape index (κ1) is 29.8. The first-order chi connectivity index (χ1) is 26.1. The van der Waals surface area contributed by atoms with Crippen molar-refractivity contribution in [1.82, 2.24) is 18.9 Å². The zero-order valence-corrected chi connectivity index (χ0v) is 29.2. The molecule has 4 aromatic heterocycles. The lowest BCUT2D eigenvalue weighted by molar-refractivity contribution is 0.483. The van der Waals surface area contributed by atoms with Crippen molar-refractivity contribution in [1.29, 1.82) is 0 Å². The van der Waals surface area contributed by atoms with Crippen LogP contribution in [0.15, 0.2) is 164 Å². The lowest BCUT2D eigenvalue weighted by Crippen LogP contribution is -2.31. The Morgan fingerprint density at radius 1 is 0.547 bits per heavy atom. The first-order valence-electron chi connectivity index (χ1n) is 18.0. The molecule has 0 atom stereocenters. The summed E-state index contributed by atoms with van der Waals surface area (Å²) in [5, 5.41) is 5.76. The highest BCUT2D eigenvalue weighted by Gasteiger charge is 2.37. The van der Waals surface area contributed by atoms with Gasteiger partial charge in [-0.15, -0.1) is 0 Å². The van der Waals surface area contributed by atoms with Gasteiger partial charge in [0.1, 0.15) is 23.0 Å². The van der Waals surface area contributed by atoms with Crippen molar-refractivity contribution in [2.45, 2.75) is 19.3 Å². The number of nitrogens with zero attached hydrogens (tertiary/aromatic N) is 5. The standard InChI is InChI=1S/C47H33N5O/c1-47(2)38-17-7-9-20-41(38)52(46-39(47)18-11-25-48-46)31-14-10-15-32(28-31)53-33-21-22-34-35-23-24-42-43(44(35)50-27-26-49-45(50)37(34)29-33)36-16-6-8-19-40(36)51(42)30-12-4-3-5-13-30/h3-29H,1-2H3. The second kappa shape index (κ2) is 11.0. The van der Waals surface area contributed by atoms with Gasteiger partial charge in [0.05, 0.1) is 27.9 Å². The van der Waals surface area contributed by atoms with Crippen molar-refractivity contribution < 1.29 is 4.74 Å². The van der Waals surface area contributed by atoms with Gasteiger partial charge in [0.2, 0.25) is 0 Å². The van der Waals surface area contributed by atoms with E-state index in [1.807, 2.05) is 30.6 Å². The zero-order valence-electron chi connectivity index (χ0n) is 29.2. The lowest BCUT2D eigenvalue weighted by atomic mass is 9.74. The monoisotopic (exact) mass is 683 g/mol. The molecule has 10 aromatic rings. The summed E-state index contributed by atoms with van der Waals surface area (Å²) in [6, 6.07) is 51.3. The Morgan fingerprint density at radius 2 is 1.32 bits per heavy atom. The third-order valence-corrected chi connectivity index (χ3v) is 11.0. The van der Waals surface area contributed by atoms with E-state index in [0.29, 0.717) is 0 Å². The van der Waals surface area contributed by atoms with Crippen LogP contribution in [0.25, 0.3) is 54.8 Å². The second-order valence-corrected chi connectivity index (χ2v) is 14.3. The molecule has 0 radical (unpaired) electrons. The van der Waals surface area contributed by atoms with Gasteiger partial charge in [-0.25, -0.2) is 9.97 Å². The molecule has 1 aliphatic rings. The SMILES string of the molecule is CC1(C)c2ccccc2N(c2cccc(Oc3ccc4c(c3)c3nccn3c3c4ccc4c3c3ccccc3n4-c3ccccc3)c2)c2ncccc21. The average molecular weight is 684 g/mol. The molecule has 0 unspecified atom stereocenters. The number of hydrogen-bond donors (Lipinski definition) is 0. The van der Waals surface area contributed by atoms with E-state index in [0.717, 1.165) is 61.8 Å². The van der Waals surface area contributed by atoms with Crippen LogP contribution in [0.1, 0.15) is 25.0 Å². The maximum Gasteiger partial charge on any atom is 0.145 e. The van der Waals surface area contributed by atoms with Crippen molar-refractivity contribution in [2.24, 2.45) is 0 Å². The highest BCUT2D eigenvalue weighted by Crippen LogP contribution is 2.51. The van der Waals surface area contributed by atoms with Crippen molar-refractivity contribution in [3.8, 4) is 17.2 Å². The van der Waals surface area contributed by atoms with Crippen LogP contribution in [-0.4, -0.2) is 18.9 Å². The van der Waals surface area contributed by atoms with Crippen LogP contribution in [0.3, 0.4) is 0 Å². The van der Waals surface area contributed by atoms with Crippen molar-refractivity contribution in [3.63, 3.8) is 0 Å². The first-order valence-corrected chi connectivity index (χ1v) is 18.0.